The van der Waals surface area contributed by atoms with Crippen molar-refractivity contribution in [2.24, 2.45) is 0 Å². The van der Waals surface area contributed by atoms with Crippen LogP contribution in [0.25, 0.3) is 0 Å². The van der Waals surface area contributed by atoms with Gasteiger partial charge in [-0.3, -0.25) is 0 Å². The number of nitrogens with one attached hydrogen (secondary N) is 2. The van der Waals surface area contributed by atoms with Gasteiger partial charge in [0.25, 0.3) is 0 Å². The molecule has 0 amide bonds. The number of alkyl halides is 3. The molecule has 0 aromatic heterocycles. The quantitative estimate of drug-likeness (QED) is 0.860. The average molecular weight is 322 g/mol. The molecule has 0 bridgehead atoms. The summed E-state index contributed by atoms with van der Waals surface area (Å²) in [6.07, 6.45) is -4.34. The van der Waals surface area contributed by atoms with Gasteiger partial charge in [-0.15, -0.1) is 0 Å². The Morgan fingerprint density at radius 1 is 0.826 bits per heavy atom. The first kappa shape index (κ1) is 17.5. The van der Waals surface area contributed by atoms with Gasteiger partial charge in [0.2, 0.25) is 0 Å². The number of benzene rings is 2. The number of hydrogen-bond acceptors (Lipinski definition) is 2. The second-order valence-corrected chi connectivity index (χ2v) is 5.57. The van der Waals surface area contributed by atoms with Gasteiger partial charge in [-0.25, -0.2) is 0 Å². The van der Waals surface area contributed by atoms with Crippen LogP contribution in [0.4, 0.5) is 13.2 Å². The van der Waals surface area contributed by atoms with Crippen LogP contribution in [0.5, 0.6) is 0 Å². The van der Waals surface area contributed by atoms with Gasteiger partial charge in [-0.05, 0) is 44.3 Å². The molecule has 2 aromatic carbocycles. The SMILES string of the molecule is CNC(c1cccc(C)c1)C(NC)c1cccc(C(F)(F)F)c1. The molecule has 0 saturated carbocycles. The minimum absolute atomic E-state index is 0.136. The van der Waals surface area contributed by atoms with Crippen molar-refractivity contribution < 1.29 is 13.2 Å². The van der Waals surface area contributed by atoms with Gasteiger partial charge in [0.05, 0.1) is 17.6 Å². The first-order valence-electron chi connectivity index (χ1n) is 7.45. The van der Waals surface area contributed by atoms with Crippen LogP contribution in [0.1, 0.15) is 34.3 Å². The Hall–Kier alpha value is -1.85. The Labute approximate surface area is 134 Å². The Morgan fingerprint density at radius 3 is 1.83 bits per heavy atom. The van der Waals surface area contributed by atoms with Crippen LogP contribution in [0.15, 0.2) is 48.5 Å². The second kappa shape index (κ2) is 7.15. The summed E-state index contributed by atoms with van der Waals surface area (Å²) in [5, 5.41) is 6.35. The Kier molecular flexibility index (Phi) is 5.44. The van der Waals surface area contributed by atoms with Crippen LogP contribution in [0.3, 0.4) is 0 Å². The first-order valence-corrected chi connectivity index (χ1v) is 7.45. The van der Waals surface area contributed by atoms with Crippen molar-refractivity contribution in [1.29, 1.82) is 0 Å². The van der Waals surface area contributed by atoms with Gasteiger partial charge in [0.15, 0.2) is 0 Å². The number of aryl methyl sites for hydroxylation is 1. The summed E-state index contributed by atoms with van der Waals surface area (Å²) in [6, 6.07) is 13.0. The molecule has 0 heterocycles. The highest BCUT2D eigenvalue weighted by Crippen LogP contribution is 2.34. The van der Waals surface area contributed by atoms with Crippen molar-refractivity contribution >= 4 is 0 Å². The van der Waals surface area contributed by atoms with E-state index in [9.17, 15) is 13.2 Å². The molecule has 2 nitrogen and oxygen atoms in total. The van der Waals surface area contributed by atoms with Crippen LogP contribution in [-0.2, 0) is 6.18 Å². The van der Waals surface area contributed by atoms with Crippen molar-refractivity contribution in [3.63, 3.8) is 0 Å². The third kappa shape index (κ3) is 4.12. The molecule has 0 aliphatic carbocycles. The van der Waals surface area contributed by atoms with E-state index in [0.717, 1.165) is 17.2 Å². The lowest BCUT2D eigenvalue weighted by molar-refractivity contribution is -0.137. The zero-order chi connectivity index (χ0) is 17.0. The number of likely N-dealkylation sites (N-methyl/N-ethyl adjacent to an activating group) is 2. The number of hydrogen-bond donors (Lipinski definition) is 2. The Balaban J connectivity index is 2.41. The number of rotatable bonds is 5. The third-order valence-electron chi connectivity index (χ3n) is 3.93. The summed E-state index contributed by atoms with van der Waals surface area (Å²) >= 11 is 0. The van der Waals surface area contributed by atoms with Crippen LogP contribution in [0, 0.1) is 6.92 Å². The van der Waals surface area contributed by atoms with Crippen LogP contribution < -0.4 is 10.6 Å². The van der Waals surface area contributed by atoms with Gasteiger partial charge in [-0.1, -0.05) is 42.0 Å². The molecule has 5 heteroatoms. The van der Waals surface area contributed by atoms with E-state index in [-0.39, 0.29) is 12.1 Å². The van der Waals surface area contributed by atoms with Crippen molar-refractivity contribution in [3.8, 4) is 0 Å². The minimum atomic E-state index is -4.34. The fourth-order valence-corrected chi connectivity index (χ4v) is 2.82. The summed E-state index contributed by atoms with van der Waals surface area (Å²) in [5.41, 5.74) is 2.11. The zero-order valence-electron chi connectivity index (χ0n) is 13.4. The maximum absolute atomic E-state index is 13.0. The molecular formula is C18H21F3N2. The lowest BCUT2D eigenvalue weighted by Crippen LogP contribution is -2.32. The van der Waals surface area contributed by atoms with Gasteiger partial charge in [0, 0.05) is 0 Å². The normalized spacial score (nSPS) is 14.5. The van der Waals surface area contributed by atoms with Crippen LogP contribution in [0.2, 0.25) is 0 Å². The molecule has 2 N–H and O–H groups in total. The van der Waals surface area contributed by atoms with Crippen molar-refractivity contribution in [1.82, 2.24) is 10.6 Å². The second-order valence-electron chi connectivity index (χ2n) is 5.57. The third-order valence-corrected chi connectivity index (χ3v) is 3.93. The van der Waals surface area contributed by atoms with E-state index in [4.69, 9.17) is 0 Å². The summed E-state index contributed by atoms with van der Waals surface area (Å²) in [4.78, 5) is 0. The van der Waals surface area contributed by atoms with Crippen molar-refractivity contribution in [2.75, 3.05) is 14.1 Å². The molecule has 0 fully saturated rings. The molecule has 0 radical (unpaired) electrons. The first-order chi connectivity index (χ1) is 10.9. The van der Waals surface area contributed by atoms with Crippen molar-refractivity contribution in [3.05, 3.63) is 70.8 Å². The molecule has 23 heavy (non-hydrogen) atoms. The lowest BCUT2D eigenvalue weighted by Gasteiger charge is -2.28. The molecule has 2 rings (SSSR count). The van der Waals surface area contributed by atoms with Gasteiger partial charge in [-0.2, -0.15) is 13.2 Å². The lowest BCUT2D eigenvalue weighted by atomic mass is 9.92. The molecule has 0 saturated heterocycles. The summed E-state index contributed by atoms with van der Waals surface area (Å²) in [6.45, 7) is 1.99. The fraction of sp³-hybridized carbons (Fsp3) is 0.333. The van der Waals surface area contributed by atoms with Crippen LogP contribution >= 0.6 is 0 Å². The minimum Gasteiger partial charge on any atom is -0.311 e. The molecule has 2 atom stereocenters. The Bertz CT molecular complexity index is 653. The highest BCUT2D eigenvalue weighted by Gasteiger charge is 2.31. The Morgan fingerprint density at radius 2 is 1.35 bits per heavy atom. The molecular weight excluding hydrogens is 301 g/mol. The summed E-state index contributed by atoms with van der Waals surface area (Å²) in [7, 11) is 3.57. The maximum Gasteiger partial charge on any atom is 0.416 e. The van der Waals surface area contributed by atoms with Gasteiger partial charge >= 0.3 is 6.18 Å². The predicted molar refractivity (Wildman–Crippen MR) is 86.2 cm³/mol. The van der Waals surface area contributed by atoms with E-state index in [1.165, 1.54) is 12.1 Å². The largest absolute Gasteiger partial charge is 0.416 e. The zero-order valence-corrected chi connectivity index (χ0v) is 13.4. The van der Waals surface area contributed by atoms with Gasteiger partial charge in [0.1, 0.15) is 0 Å². The van der Waals surface area contributed by atoms with Gasteiger partial charge < -0.3 is 10.6 Å². The molecule has 0 spiro atoms. The van der Waals surface area contributed by atoms with E-state index >= 15 is 0 Å². The van der Waals surface area contributed by atoms with Crippen molar-refractivity contribution in [2.45, 2.75) is 25.2 Å². The standard InChI is InChI=1S/C18H21F3N2/c1-12-6-4-7-13(10-12)16(22-2)17(23-3)14-8-5-9-15(11-14)18(19,20)21/h4-11,16-17,22-23H,1-3H3. The smallest absolute Gasteiger partial charge is 0.311 e. The topological polar surface area (TPSA) is 24.1 Å². The van der Waals surface area contributed by atoms with Crippen LogP contribution in [-0.4, -0.2) is 14.1 Å². The average Bonchev–Trinajstić information content (AvgIpc) is 2.51. The highest BCUT2D eigenvalue weighted by molar-refractivity contribution is 5.33. The monoisotopic (exact) mass is 322 g/mol. The van der Waals surface area contributed by atoms with E-state index in [2.05, 4.69) is 10.6 Å². The number of halogens is 3. The highest BCUT2D eigenvalue weighted by atomic mass is 19.4. The molecule has 2 aromatic rings. The summed E-state index contributed by atoms with van der Waals surface area (Å²) < 4.78 is 38.9. The van der Waals surface area contributed by atoms with E-state index < -0.39 is 11.7 Å². The van der Waals surface area contributed by atoms with E-state index in [1.807, 2.05) is 38.2 Å². The molecule has 0 aliphatic rings. The fourth-order valence-electron chi connectivity index (χ4n) is 2.82. The van der Waals surface area contributed by atoms with E-state index in [1.54, 1.807) is 13.1 Å². The summed E-state index contributed by atoms with van der Waals surface area (Å²) in [5.74, 6) is 0. The molecule has 0 aliphatic heterocycles. The predicted octanol–water partition coefficient (Wildman–Crippen LogP) is 4.24. The van der Waals surface area contributed by atoms with E-state index in [0.29, 0.717) is 5.56 Å². The molecule has 2 unspecified atom stereocenters. The maximum atomic E-state index is 13.0. The molecule has 124 valence electrons.